The smallest absolute Gasteiger partial charge is 0.127 e. The lowest BCUT2D eigenvalue weighted by Gasteiger charge is -2.41. The van der Waals surface area contributed by atoms with Gasteiger partial charge in [0.1, 0.15) is 5.75 Å². The molecule has 1 aromatic heterocycles. The Morgan fingerprint density at radius 2 is 1.92 bits per heavy atom. The first-order valence-corrected chi connectivity index (χ1v) is 9.96. The number of aromatic nitrogens is 1. The molecule has 4 nitrogen and oxygen atoms in total. The van der Waals surface area contributed by atoms with Gasteiger partial charge in [0.05, 0.1) is 18.5 Å². The maximum absolute atomic E-state index is 5.84. The number of hydrogen-bond acceptors (Lipinski definition) is 4. The third-order valence-electron chi connectivity index (χ3n) is 6.22. The van der Waals surface area contributed by atoms with Gasteiger partial charge in [0.15, 0.2) is 0 Å². The Hall–Kier alpha value is -2.07. The minimum absolute atomic E-state index is 0.639. The van der Waals surface area contributed by atoms with Crippen LogP contribution >= 0.6 is 0 Å². The van der Waals surface area contributed by atoms with Gasteiger partial charge in [-0.3, -0.25) is 4.98 Å². The molecule has 0 aliphatic carbocycles. The zero-order valence-corrected chi connectivity index (χ0v) is 15.5. The lowest BCUT2D eigenvalue weighted by Crippen LogP contribution is -2.49. The Balaban J connectivity index is 1.49. The highest BCUT2D eigenvalue weighted by atomic mass is 16.5. The molecule has 26 heavy (non-hydrogen) atoms. The average Bonchev–Trinajstić information content (AvgIpc) is 2.86. The molecule has 4 unspecified atom stereocenters. The Morgan fingerprint density at radius 1 is 1.04 bits per heavy atom. The molecule has 4 saturated heterocycles. The van der Waals surface area contributed by atoms with E-state index in [4.69, 9.17) is 4.74 Å². The summed E-state index contributed by atoms with van der Waals surface area (Å²) in [5.74, 6) is 2.64. The molecular formula is C22H27N3O. The molecule has 2 aromatic rings. The van der Waals surface area contributed by atoms with Crippen molar-refractivity contribution in [2.45, 2.75) is 25.8 Å². The van der Waals surface area contributed by atoms with Crippen LogP contribution in [0.5, 0.6) is 5.75 Å². The summed E-state index contributed by atoms with van der Waals surface area (Å²) in [5.41, 5.74) is 3.55. The van der Waals surface area contributed by atoms with E-state index in [2.05, 4.69) is 39.2 Å². The minimum Gasteiger partial charge on any atom is -0.493 e. The van der Waals surface area contributed by atoms with Crippen LogP contribution in [-0.2, 0) is 0 Å². The number of nitrogens with zero attached hydrogens (tertiary/aromatic N) is 3. The van der Waals surface area contributed by atoms with Crippen LogP contribution in [0.3, 0.4) is 0 Å². The second-order valence-electron chi connectivity index (χ2n) is 8.09. The van der Waals surface area contributed by atoms with Gasteiger partial charge in [0, 0.05) is 49.5 Å². The Kier molecular flexibility index (Phi) is 4.08. The van der Waals surface area contributed by atoms with Crippen LogP contribution in [0.15, 0.2) is 42.7 Å². The lowest BCUT2D eigenvalue weighted by atomic mass is 9.84. The predicted octanol–water partition coefficient (Wildman–Crippen LogP) is 3.68. The number of pyridine rings is 1. The Labute approximate surface area is 155 Å². The van der Waals surface area contributed by atoms with E-state index in [0.717, 1.165) is 28.7 Å². The molecule has 5 heterocycles. The Morgan fingerprint density at radius 3 is 2.81 bits per heavy atom. The SMILES string of the molecule is CCOc1ccccc1-c1cncc(N2CC3CC4CC2CN(C4)C3)c1. The number of fused-ring (bicyclic) bond motifs is 1. The maximum atomic E-state index is 5.84. The standard InChI is InChI=1S/C22H27N3O/c1-2-26-22-6-4-3-5-21(22)18-9-19(11-23-10-18)25-14-17-7-16-8-20(25)15-24(12-16)13-17/h3-6,9-11,16-17,20H,2,7-8,12-15H2,1H3. The second kappa shape index (κ2) is 6.58. The molecule has 4 fully saturated rings. The fraction of sp³-hybridized carbons (Fsp3) is 0.500. The lowest BCUT2D eigenvalue weighted by molar-refractivity contribution is 0.0980. The van der Waals surface area contributed by atoms with E-state index in [-0.39, 0.29) is 0 Å². The fourth-order valence-electron chi connectivity index (χ4n) is 5.32. The molecule has 0 radical (unpaired) electrons. The van der Waals surface area contributed by atoms with E-state index >= 15 is 0 Å². The van der Waals surface area contributed by atoms with Crippen LogP contribution in [0, 0.1) is 11.8 Å². The van der Waals surface area contributed by atoms with Crippen molar-refractivity contribution in [1.82, 2.24) is 9.88 Å². The quantitative estimate of drug-likeness (QED) is 0.842. The zero-order chi connectivity index (χ0) is 17.5. The van der Waals surface area contributed by atoms with E-state index in [1.165, 1.54) is 44.7 Å². The van der Waals surface area contributed by atoms with Crippen LogP contribution in [0.2, 0.25) is 0 Å². The summed E-state index contributed by atoms with van der Waals surface area (Å²) >= 11 is 0. The van der Waals surface area contributed by atoms with Crippen LogP contribution in [-0.4, -0.2) is 48.7 Å². The number of ether oxygens (including phenoxy) is 1. The molecule has 4 atom stereocenters. The first-order chi connectivity index (χ1) is 12.8. The normalized spacial score (nSPS) is 29.7. The first kappa shape index (κ1) is 16.1. The van der Waals surface area contributed by atoms with Crippen molar-refractivity contribution >= 4 is 5.69 Å². The highest BCUT2D eigenvalue weighted by Crippen LogP contribution is 2.39. The first-order valence-electron chi connectivity index (χ1n) is 9.96. The molecule has 136 valence electrons. The van der Waals surface area contributed by atoms with Crippen molar-refractivity contribution in [3.63, 3.8) is 0 Å². The van der Waals surface area contributed by atoms with Gasteiger partial charge in [-0.2, -0.15) is 0 Å². The van der Waals surface area contributed by atoms with Crippen molar-refractivity contribution in [1.29, 1.82) is 0 Å². The number of para-hydroxylation sites is 1. The number of benzene rings is 1. The van der Waals surface area contributed by atoms with E-state index in [1.807, 2.05) is 25.3 Å². The van der Waals surface area contributed by atoms with Crippen molar-refractivity contribution < 1.29 is 4.74 Å². The summed E-state index contributed by atoms with van der Waals surface area (Å²) < 4.78 is 5.84. The van der Waals surface area contributed by atoms with Gasteiger partial charge >= 0.3 is 0 Å². The summed E-state index contributed by atoms with van der Waals surface area (Å²) in [6.07, 6.45) is 6.76. The molecule has 4 aliphatic heterocycles. The molecule has 4 aliphatic rings. The maximum Gasteiger partial charge on any atom is 0.127 e. The van der Waals surface area contributed by atoms with Crippen LogP contribution in [0.1, 0.15) is 19.8 Å². The van der Waals surface area contributed by atoms with E-state index in [0.29, 0.717) is 12.6 Å². The minimum atomic E-state index is 0.639. The van der Waals surface area contributed by atoms with Crippen LogP contribution in [0.4, 0.5) is 5.69 Å². The van der Waals surface area contributed by atoms with Crippen molar-refractivity contribution in [3.05, 3.63) is 42.7 Å². The zero-order valence-electron chi connectivity index (χ0n) is 15.5. The third kappa shape index (κ3) is 2.86. The topological polar surface area (TPSA) is 28.6 Å². The van der Waals surface area contributed by atoms with Crippen LogP contribution < -0.4 is 9.64 Å². The molecular weight excluding hydrogens is 322 g/mol. The Bertz CT molecular complexity index is 778. The number of hydrogen-bond donors (Lipinski definition) is 0. The number of rotatable bonds is 4. The molecule has 4 bridgehead atoms. The van der Waals surface area contributed by atoms with Crippen molar-refractivity contribution in [2.24, 2.45) is 11.8 Å². The van der Waals surface area contributed by atoms with Crippen LogP contribution in [0.25, 0.3) is 11.1 Å². The predicted molar refractivity (Wildman–Crippen MR) is 105 cm³/mol. The summed E-state index contributed by atoms with van der Waals surface area (Å²) in [7, 11) is 0. The van der Waals surface area contributed by atoms with Crippen molar-refractivity contribution in [2.75, 3.05) is 37.7 Å². The molecule has 0 saturated carbocycles. The van der Waals surface area contributed by atoms with E-state index < -0.39 is 0 Å². The van der Waals surface area contributed by atoms with Gasteiger partial charge in [-0.25, -0.2) is 0 Å². The van der Waals surface area contributed by atoms with E-state index in [1.54, 1.807) is 0 Å². The molecule has 0 spiro atoms. The second-order valence-corrected chi connectivity index (χ2v) is 8.09. The molecule has 0 amide bonds. The van der Waals surface area contributed by atoms with Crippen molar-refractivity contribution in [3.8, 4) is 16.9 Å². The fourth-order valence-corrected chi connectivity index (χ4v) is 5.32. The van der Waals surface area contributed by atoms with Gasteiger partial charge in [0.25, 0.3) is 0 Å². The highest BCUT2D eigenvalue weighted by molar-refractivity contribution is 5.72. The van der Waals surface area contributed by atoms with Gasteiger partial charge in [-0.15, -0.1) is 0 Å². The largest absolute Gasteiger partial charge is 0.493 e. The molecule has 0 N–H and O–H groups in total. The highest BCUT2D eigenvalue weighted by Gasteiger charge is 2.41. The van der Waals surface area contributed by atoms with Gasteiger partial charge in [0.2, 0.25) is 0 Å². The summed E-state index contributed by atoms with van der Waals surface area (Å²) in [6, 6.07) is 11.2. The van der Waals surface area contributed by atoms with Gasteiger partial charge < -0.3 is 14.5 Å². The number of anilines is 1. The summed E-state index contributed by atoms with van der Waals surface area (Å²) in [4.78, 5) is 9.93. The molecule has 6 rings (SSSR count). The number of piperidine rings is 2. The summed E-state index contributed by atoms with van der Waals surface area (Å²) in [5, 5.41) is 0. The van der Waals surface area contributed by atoms with E-state index in [9.17, 15) is 0 Å². The van der Waals surface area contributed by atoms with Gasteiger partial charge in [-0.05, 0) is 43.7 Å². The molecule has 4 heteroatoms. The average molecular weight is 349 g/mol. The third-order valence-corrected chi connectivity index (χ3v) is 6.22. The summed E-state index contributed by atoms with van der Waals surface area (Å²) in [6.45, 7) is 7.70. The molecule has 1 aromatic carbocycles. The monoisotopic (exact) mass is 349 g/mol. The van der Waals surface area contributed by atoms with Gasteiger partial charge in [-0.1, -0.05) is 18.2 Å².